The Bertz CT molecular complexity index is 1120. The highest BCUT2D eigenvalue weighted by Crippen LogP contribution is 2.36. The van der Waals surface area contributed by atoms with Gasteiger partial charge >= 0.3 is 5.97 Å². The zero-order chi connectivity index (χ0) is 21.8. The van der Waals surface area contributed by atoms with Gasteiger partial charge in [-0.05, 0) is 48.4 Å². The van der Waals surface area contributed by atoms with Crippen LogP contribution in [0.25, 0.3) is 10.4 Å². The molecule has 3 aromatic rings. The first kappa shape index (κ1) is 21.1. The van der Waals surface area contributed by atoms with E-state index in [1.54, 1.807) is 12.1 Å². The van der Waals surface area contributed by atoms with Crippen LogP contribution in [0.2, 0.25) is 0 Å². The zero-order valence-corrected chi connectivity index (χ0v) is 17.4. The van der Waals surface area contributed by atoms with Crippen molar-refractivity contribution >= 4 is 34.7 Å². The Balaban J connectivity index is 1.96. The summed E-state index contributed by atoms with van der Waals surface area (Å²) in [5, 5.41) is 23.0. The first-order valence-corrected chi connectivity index (χ1v) is 9.99. The van der Waals surface area contributed by atoms with Crippen LogP contribution in [0, 0.1) is 12.3 Å². The maximum Gasteiger partial charge on any atom is 0.337 e. The number of amidine groups is 1. The van der Waals surface area contributed by atoms with Gasteiger partial charge in [0, 0.05) is 29.7 Å². The number of nitrogens with one attached hydrogen (secondary N) is 3. The lowest BCUT2D eigenvalue weighted by Gasteiger charge is -2.13. The average Bonchev–Trinajstić information content (AvgIpc) is 3.17. The second-order valence-corrected chi connectivity index (χ2v) is 7.80. The highest BCUT2D eigenvalue weighted by atomic mass is 32.1. The predicted molar refractivity (Wildman–Crippen MR) is 120 cm³/mol. The van der Waals surface area contributed by atoms with Crippen molar-refractivity contribution in [2.24, 2.45) is 5.73 Å². The number of hydrogen-bond acceptors (Lipinski definition) is 5. The van der Waals surface area contributed by atoms with Gasteiger partial charge < -0.3 is 21.5 Å². The summed E-state index contributed by atoms with van der Waals surface area (Å²) in [4.78, 5) is 24.7. The number of carbonyl (C=O) groups is 2. The molecule has 0 spiro atoms. The molecule has 0 saturated carbocycles. The molecule has 0 aliphatic heterocycles. The molecule has 0 saturated heterocycles. The Morgan fingerprint density at radius 2 is 1.83 bits per heavy atom. The highest BCUT2D eigenvalue weighted by Gasteiger charge is 2.21. The van der Waals surface area contributed by atoms with E-state index >= 15 is 0 Å². The number of benzene rings is 2. The Morgan fingerprint density at radius 1 is 1.13 bits per heavy atom. The summed E-state index contributed by atoms with van der Waals surface area (Å²) in [7, 11) is 1.51. The van der Waals surface area contributed by atoms with Crippen LogP contribution >= 0.6 is 11.3 Å². The summed E-state index contributed by atoms with van der Waals surface area (Å²) in [6, 6.07) is 14.4. The van der Waals surface area contributed by atoms with E-state index in [0.29, 0.717) is 21.9 Å². The molecule has 30 heavy (non-hydrogen) atoms. The van der Waals surface area contributed by atoms with Crippen LogP contribution in [0.3, 0.4) is 0 Å². The molecule has 0 bridgehead atoms. The van der Waals surface area contributed by atoms with Gasteiger partial charge in [0.2, 0.25) is 0 Å². The fraction of sp³-hybridized carbons (Fsp3) is 0.136. The second kappa shape index (κ2) is 8.79. The SMILES string of the molecule is CNC(=O)c1cc(C(=O)O)c(-c2ccc(C)cc2CNc2ccc(C(=N)N)cc2)s1. The van der Waals surface area contributed by atoms with E-state index in [9.17, 15) is 14.7 Å². The number of amides is 1. The number of carbonyl (C=O) groups excluding carboxylic acids is 1. The Hall–Kier alpha value is -3.65. The molecule has 3 rings (SSSR count). The second-order valence-electron chi connectivity index (χ2n) is 6.74. The molecule has 1 amide bonds. The topological polar surface area (TPSA) is 128 Å². The molecular weight excluding hydrogens is 400 g/mol. The van der Waals surface area contributed by atoms with Gasteiger partial charge in [0.25, 0.3) is 5.91 Å². The minimum atomic E-state index is -1.07. The summed E-state index contributed by atoms with van der Waals surface area (Å²) < 4.78 is 0. The molecule has 0 atom stereocenters. The van der Waals surface area contributed by atoms with Gasteiger partial charge in [-0.2, -0.15) is 0 Å². The molecule has 154 valence electrons. The van der Waals surface area contributed by atoms with Crippen molar-refractivity contribution in [3.63, 3.8) is 0 Å². The molecule has 0 aliphatic rings. The number of nitrogen functional groups attached to an aromatic ring is 1. The van der Waals surface area contributed by atoms with Crippen LogP contribution in [0.1, 0.15) is 36.7 Å². The third-order valence-corrected chi connectivity index (χ3v) is 5.76. The molecule has 8 heteroatoms. The third kappa shape index (κ3) is 4.49. The van der Waals surface area contributed by atoms with Gasteiger partial charge in [-0.3, -0.25) is 10.2 Å². The normalized spacial score (nSPS) is 10.5. The molecule has 0 fully saturated rings. The number of thiophene rings is 1. The monoisotopic (exact) mass is 422 g/mol. The molecular formula is C22H22N4O3S. The molecule has 0 radical (unpaired) electrons. The molecule has 1 aromatic heterocycles. The van der Waals surface area contributed by atoms with Crippen LogP contribution in [-0.4, -0.2) is 29.9 Å². The zero-order valence-electron chi connectivity index (χ0n) is 16.6. The van der Waals surface area contributed by atoms with Crippen molar-refractivity contribution < 1.29 is 14.7 Å². The van der Waals surface area contributed by atoms with E-state index in [2.05, 4.69) is 10.6 Å². The van der Waals surface area contributed by atoms with Crippen LogP contribution in [0.5, 0.6) is 0 Å². The van der Waals surface area contributed by atoms with Crippen molar-refractivity contribution in [1.29, 1.82) is 5.41 Å². The first-order valence-electron chi connectivity index (χ1n) is 9.17. The minimum absolute atomic E-state index is 0.00772. The van der Waals surface area contributed by atoms with Gasteiger partial charge in [-0.1, -0.05) is 23.8 Å². The number of rotatable bonds is 7. The van der Waals surface area contributed by atoms with Crippen LogP contribution in [-0.2, 0) is 6.54 Å². The number of anilines is 1. The third-order valence-electron chi connectivity index (χ3n) is 4.60. The van der Waals surface area contributed by atoms with Crippen molar-refractivity contribution in [2.75, 3.05) is 12.4 Å². The largest absolute Gasteiger partial charge is 0.478 e. The van der Waals surface area contributed by atoms with E-state index in [-0.39, 0.29) is 17.3 Å². The summed E-state index contributed by atoms with van der Waals surface area (Å²) in [6.07, 6.45) is 0. The first-order chi connectivity index (χ1) is 14.3. The summed E-state index contributed by atoms with van der Waals surface area (Å²) in [5.74, 6) is -1.38. The minimum Gasteiger partial charge on any atom is -0.478 e. The van der Waals surface area contributed by atoms with Crippen LogP contribution < -0.4 is 16.4 Å². The van der Waals surface area contributed by atoms with Crippen molar-refractivity contribution in [3.05, 3.63) is 75.7 Å². The van der Waals surface area contributed by atoms with E-state index < -0.39 is 5.97 Å². The number of nitrogens with two attached hydrogens (primary N) is 1. The molecule has 6 N–H and O–H groups in total. The summed E-state index contributed by atoms with van der Waals surface area (Å²) in [6.45, 7) is 2.43. The van der Waals surface area contributed by atoms with Crippen LogP contribution in [0.4, 0.5) is 5.69 Å². The Kier molecular flexibility index (Phi) is 6.17. The van der Waals surface area contributed by atoms with E-state index in [4.69, 9.17) is 11.1 Å². The van der Waals surface area contributed by atoms with Gasteiger partial charge in [0.05, 0.1) is 10.4 Å². The van der Waals surface area contributed by atoms with Gasteiger partial charge in [-0.25, -0.2) is 4.79 Å². The maximum atomic E-state index is 12.0. The lowest BCUT2D eigenvalue weighted by atomic mass is 10.0. The molecule has 0 unspecified atom stereocenters. The number of aromatic carboxylic acids is 1. The van der Waals surface area contributed by atoms with E-state index in [1.807, 2.05) is 37.3 Å². The van der Waals surface area contributed by atoms with E-state index in [0.717, 1.165) is 33.7 Å². The van der Waals surface area contributed by atoms with E-state index in [1.165, 1.54) is 13.1 Å². The highest BCUT2D eigenvalue weighted by molar-refractivity contribution is 7.17. The summed E-state index contributed by atoms with van der Waals surface area (Å²) in [5.41, 5.74) is 9.82. The number of aryl methyl sites for hydroxylation is 1. The quantitative estimate of drug-likeness (QED) is 0.293. The smallest absolute Gasteiger partial charge is 0.337 e. The van der Waals surface area contributed by atoms with Crippen LogP contribution in [0.15, 0.2) is 48.5 Å². The van der Waals surface area contributed by atoms with Gasteiger partial charge in [0.15, 0.2) is 0 Å². The van der Waals surface area contributed by atoms with Crippen molar-refractivity contribution in [1.82, 2.24) is 5.32 Å². The molecule has 7 nitrogen and oxygen atoms in total. The maximum absolute atomic E-state index is 12.0. The van der Waals surface area contributed by atoms with Crippen molar-refractivity contribution in [2.45, 2.75) is 13.5 Å². The standard InChI is InChI=1S/C22H22N4O3S/c1-12-3-8-16(19-17(22(28)29)10-18(30-19)21(27)25-2)14(9-12)11-26-15-6-4-13(5-7-15)20(23)24/h3-10,26H,11H2,1-2H3,(H3,23,24)(H,25,27)(H,28,29). The number of hydrogen-bond donors (Lipinski definition) is 5. The van der Waals surface area contributed by atoms with Gasteiger partial charge in [0.1, 0.15) is 5.84 Å². The predicted octanol–water partition coefficient (Wildman–Crippen LogP) is 3.68. The Labute approximate surface area is 178 Å². The molecule has 2 aromatic carbocycles. The lowest BCUT2D eigenvalue weighted by molar-refractivity contribution is 0.0698. The lowest BCUT2D eigenvalue weighted by Crippen LogP contribution is -2.16. The average molecular weight is 423 g/mol. The fourth-order valence-electron chi connectivity index (χ4n) is 3.04. The number of carboxylic acids is 1. The van der Waals surface area contributed by atoms with Gasteiger partial charge in [-0.15, -0.1) is 11.3 Å². The number of carboxylic acid groups (broad SMARTS) is 1. The Morgan fingerprint density at radius 3 is 2.43 bits per heavy atom. The molecule has 0 aliphatic carbocycles. The molecule has 1 heterocycles. The van der Waals surface area contributed by atoms with Crippen molar-refractivity contribution in [3.8, 4) is 10.4 Å². The fourth-order valence-corrected chi connectivity index (χ4v) is 4.20. The summed E-state index contributed by atoms with van der Waals surface area (Å²) >= 11 is 1.16.